The van der Waals surface area contributed by atoms with E-state index in [9.17, 15) is 19.5 Å². The molecule has 0 saturated carbocycles. The first-order valence-electron chi connectivity index (χ1n) is 9.38. The summed E-state index contributed by atoms with van der Waals surface area (Å²) >= 11 is 0. The monoisotopic (exact) mass is 366 g/mol. The molecule has 8 heteroatoms. The fraction of sp³-hybridized carbons (Fsp3) is 0.667. The van der Waals surface area contributed by atoms with Gasteiger partial charge in [-0.3, -0.25) is 19.1 Å². The van der Waals surface area contributed by atoms with Gasteiger partial charge in [0.1, 0.15) is 5.56 Å². The molecule has 146 valence electrons. The van der Waals surface area contributed by atoms with E-state index in [-0.39, 0.29) is 17.2 Å². The number of carbonyl (C=O) groups is 1. The molecular weight excluding hydrogens is 336 g/mol. The molecule has 1 aromatic heterocycles. The number of hydrazone groups is 1. The third-order valence-electron chi connectivity index (χ3n) is 4.10. The second kappa shape index (κ2) is 11.3. The Morgan fingerprint density at radius 1 is 1.12 bits per heavy atom. The van der Waals surface area contributed by atoms with E-state index in [1.165, 1.54) is 0 Å². The van der Waals surface area contributed by atoms with Gasteiger partial charge in [0.15, 0.2) is 0 Å². The Morgan fingerprint density at radius 2 is 1.81 bits per heavy atom. The standard InChI is InChI=1S/C18H30N4O4/c1-4-7-9-10-11-14(23)21-20-13(6-3)15-16(24)19-18(26)22(17(15)25)12-8-5-2/h25H,4-12H2,1-3H3,(H,21,23)(H,19,24,26)/b20-13+. The van der Waals surface area contributed by atoms with Gasteiger partial charge >= 0.3 is 5.69 Å². The zero-order valence-corrected chi connectivity index (χ0v) is 15.9. The lowest BCUT2D eigenvalue weighted by Crippen LogP contribution is -2.34. The van der Waals surface area contributed by atoms with Crippen molar-refractivity contribution < 1.29 is 9.90 Å². The van der Waals surface area contributed by atoms with Crippen LogP contribution in [0.4, 0.5) is 0 Å². The number of nitrogens with one attached hydrogen (secondary N) is 2. The van der Waals surface area contributed by atoms with Gasteiger partial charge in [0, 0.05) is 13.0 Å². The number of nitrogens with zero attached hydrogens (tertiary/aromatic N) is 2. The SMILES string of the molecule is CCCCCCC(=O)N/N=C(\CC)c1c(O)n(CCCC)c(=O)[nH]c1=O. The number of aromatic nitrogens is 2. The smallest absolute Gasteiger partial charge is 0.331 e. The minimum absolute atomic E-state index is 0.0745. The first-order valence-corrected chi connectivity index (χ1v) is 9.38. The largest absolute Gasteiger partial charge is 0.494 e. The molecule has 0 aliphatic rings. The average Bonchev–Trinajstić information content (AvgIpc) is 2.61. The zero-order chi connectivity index (χ0) is 19.5. The number of H-pyrrole nitrogens is 1. The van der Waals surface area contributed by atoms with E-state index in [4.69, 9.17) is 0 Å². The van der Waals surface area contributed by atoms with E-state index >= 15 is 0 Å². The number of aromatic hydroxyl groups is 1. The van der Waals surface area contributed by atoms with Crippen LogP contribution in [-0.4, -0.2) is 26.3 Å². The zero-order valence-electron chi connectivity index (χ0n) is 15.9. The van der Waals surface area contributed by atoms with Crippen LogP contribution in [0, 0.1) is 0 Å². The van der Waals surface area contributed by atoms with Gasteiger partial charge < -0.3 is 5.11 Å². The third-order valence-corrected chi connectivity index (χ3v) is 4.10. The van der Waals surface area contributed by atoms with Crippen LogP contribution < -0.4 is 16.7 Å². The number of amides is 1. The molecule has 26 heavy (non-hydrogen) atoms. The molecule has 1 heterocycles. The summed E-state index contributed by atoms with van der Waals surface area (Å²) in [6.45, 7) is 6.11. The topological polar surface area (TPSA) is 117 Å². The molecular formula is C18H30N4O4. The molecule has 1 amide bonds. The highest BCUT2D eigenvalue weighted by atomic mass is 16.3. The molecule has 8 nitrogen and oxygen atoms in total. The molecule has 0 atom stereocenters. The normalized spacial score (nSPS) is 11.6. The fourth-order valence-electron chi connectivity index (χ4n) is 2.55. The van der Waals surface area contributed by atoms with Crippen molar-refractivity contribution in [2.45, 2.75) is 78.7 Å². The molecule has 0 aliphatic carbocycles. The molecule has 1 rings (SSSR count). The van der Waals surface area contributed by atoms with E-state index < -0.39 is 17.1 Å². The van der Waals surface area contributed by atoms with E-state index in [1.54, 1.807) is 6.92 Å². The fourth-order valence-corrected chi connectivity index (χ4v) is 2.55. The lowest BCUT2D eigenvalue weighted by atomic mass is 10.1. The second-order valence-electron chi connectivity index (χ2n) is 6.22. The molecule has 0 spiro atoms. The number of hydrogen-bond acceptors (Lipinski definition) is 5. The maximum atomic E-state index is 12.2. The number of hydrogen-bond donors (Lipinski definition) is 3. The van der Waals surface area contributed by atoms with Gasteiger partial charge in [-0.15, -0.1) is 0 Å². The van der Waals surface area contributed by atoms with Crippen molar-refractivity contribution in [3.8, 4) is 5.88 Å². The van der Waals surface area contributed by atoms with E-state index in [1.807, 2.05) is 6.92 Å². The molecule has 0 bridgehead atoms. The predicted molar refractivity (Wildman–Crippen MR) is 102 cm³/mol. The van der Waals surface area contributed by atoms with E-state index in [2.05, 4.69) is 22.4 Å². The summed E-state index contributed by atoms with van der Waals surface area (Å²) in [5, 5.41) is 14.4. The van der Waals surface area contributed by atoms with Crippen molar-refractivity contribution in [2.75, 3.05) is 0 Å². The van der Waals surface area contributed by atoms with Crippen molar-refractivity contribution >= 4 is 11.6 Å². The summed E-state index contributed by atoms with van der Waals surface area (Å²) < 4.78 is 1.12. The first kappa shape index (κ1) is 21.7. The van der Waals surface area contributed by atoms with Crippen LogP contribution in [0.5, 0.6) is 5.88 Å². The summed E-state index contributed by atoms with van der Waals surface area (Å²) in [4.78, 5) is 38.1. The van der Waals surface area contributed by atoms with Crippen molar-refractivity contribution in [1.82, 2.24) is 15.0 Å². The molecule has 0 fully saturated rings. The van der Waals surface area contributed by atoms with E-state index in [0.29, 0.717) is 25.8 Å². The first-order chi connectivity index (χ1) is 12.5. The summed E-state index contributed by atoms with van der Waals surface area (Å²) in [6, 6.07) is 0. The van der Waals surface area contributed by atoms with Gasteiger partial charge in [-0.1, -0.05) is 46.5 Å². The van der Waals surface area contributed by atoms with Crippen LogP contribution in [0.25, 0.3) is 0 Å². The maximum Gasteiger partial charge on any atom is 0.331 e. The van der Waals surface area contributed by atoms with Gasteiger partial charge in [-0.2, -0.15) is 5.10 Å². The Hall–Kier alpha value is -2.38. The van der Waals surface area contributed by atoms with Crippen LogP contribution in [0.1, 0.15) is 77.7 Å². The highest BCUT2D eigenvalue weighted by Gasteiger charge is 2.18. The number of unbranched alkanes of at least 4 members (excludes halogenated alkanes) is 4. The average molecular weight is 366 g/mol. The minimum atomic E-state index is -0.710. The maximum absolute atomic E-state index is 12.2. The Kier molecular flexibility index (Phi) is 9.40. The lowest BCUT2D eigenvalue weighted by Gasteiger charge is -2.12. The molecule has 0 aromatic carbocycles. The van der Waals surface area contributed by atoms with Gasteiger partial charge in [0.05, 0.1) is 5.71 Å². The van der Waals surface area contributed by atoms with Crippen molar-refractivity contribution in [2.24, 2.45) is 5.10 Å². The Bertz CT molecular complexity index is 734. The van der Waals surface area contributed by atoms with E-state index in [0.717, 1.165) is 36.7 Å². The summed E-state index contributed by atoms with van der Waals surface area (Å²) in [7, 11) is 0. The Labute approximate surface area is 153 Å². The Balaban J connectivity index is 3.00. The Morgan fingerprint density at radius 3 is 2.42 bits per heavy atom. The molecule has 1 aromatic rings. The molecule has 0 radical (unpaired) electrons. The number of aromatic amines is 1. The molecule has 0 aliphatic heterocycles. The van der Waals surface area contributed by atoms with Gasteiger partial charge in [0.2, 0.25) is 11.8 Å². The van der Waals surface area contributed by atoms with Gasteiger partial charge in [-0.05, 0) is 19.3 Å². The quantitative estimate of drug-likeness (QED) is 0.316. The summed E-state index contributed by atoms with van der Waals surface area (Å²) in [5.74, 6) is -0.646. The summed E-state index contributed by atoms with van der Waals surface area (Å²) in [5.41, 5.74) is 1.23. The van der Waals surface area contributed by atoms with Crippen molar-refractivity contribution in [1.29, 1.82) is 0 Å². The van der Waals surface area contributed by atoms with Crippen molar-refractivity contribution in [3.63, 3.8) is 0 Å². The number of rotatable bonds is 11. The minimum Gasteiger partial charge on any atom is -0.494 e. The van der Waals surface area contributed by atoms with Crippen LogP contribution in [0.2, 0.25) is 0 Å². The van der Waals surface area contributed by atoms with Crippen LogP contribution >= 0.6 is 0 Å². The highest BCUT2D eigenvalue weighted by Crippen LogP contribution is 2.14. The molecule has 0 saturated heterocycles. The summed E-state index contributed by atoms with van der Waals surface area (Å²) in [6.07, 6.45) is 6.14. The van der Waals surface area contributed by atoms with Crippen LogP contribution in [-0.2, 0) is 11.3 Å². The molecule has 0 unspecified atom stereocenters. The van der Waals surface area contributed by atoms with Gasteiger partial charge in [-0.25, -0.2) is 10.2 Å². The number of carbonyl (C=O) groups excluding carboxylic acids is 1. The third kappa shape index (κ3) is 6.16. The second-order valence-corrected chi connectivity index (χ2v) is 6.22. The molecule has 3 N–H and O–H groups in total. The van der Waals surface area contributed by atoms with Crippen LogP contribution in [0.3, 0.4) is 0 Å². The lowest BCUT2D eigenvalue weighted by molar-refractivity contribution is -0.121. The van der Waals surface area contributed by atoms with Crippen LogP contribution in [0.15, 0.2) is 14.7 Å². The predicted octanol–water partition coefficient (Wildman–Crippen LogP) is 2.24. The van der Waals surface area contributed by atoms with Gasteiger partial charge in [0.25, 0.3) is 5.56 Å². The van der Waals surface area contributed by atoms with Crippen molar-refractivity contribution in [3.05, 3.63) is 26.4 Å². The highest BCUT2D eigenvalue weighted by molar-refractivity contribution is 6.02.